The van der Waals surface area contributed by atoms with E-state index < -0.39 is 40.6 Å². The summed E-state index contributed by atoms with van der Waals surface area (Å²) >= 11 is 0. The number of rotatable bonds is 4. The van der Waals surface area contributed by atoms with Gasteiger partial charge in [0.1, 0.15) is 0 Å². The van der Waals surface area contributed by atoms with E-state index in [4.69, 9.17) is 5.11 Å². The number of methoxy groups -OCH3 is 3. The van der Waals surface area contributed by atoms with Gasteiger partial charge in [0.2, 0.25) is 0 Å². The highest BCUT2D eigenvalue weighted by atomic mass is 16.5. The summed E-state index contributed by atoms with van der Waals surface area (Å²) in [4.78, 5) is 46.5. The highest BCUT2D eigenvalue weighted by Crippen LogP contribution is 2.23. The van der Waals surface area contributed by atoms with Gasteiger partial charge in [-0.25, -0.2) is 19.2 Å². The van der Waals surface area contributed by atoms with Crippen LogP contribution in [0.5, 0.6) is 0 Å². The predicted octanol–water partition coefficient (Wildman–Crippen LogP) is 0.745. The maximum absolute atomic E-state index is 11.8. The molecule has 0 fully saturated rings. The molecule has 0 aliphatic carbocycles. The molecule has 0 aromatic heterocycles. The highest BCUT2D eigenvalue weighted by Gasteiger charge is 2.31. The van der Waals surface area contributed by atoms with Gasteiger partial charge in [-0.05, 0) is 12.1 Å². The average molecular weight is 296 g/mol. The number of carbonyl (C=O) groups is 4. The predicted molar refractivity (Wildman–Crippen MR) is 67.4 cm³/mol. The lowest BCUT2D eigenvalue weighted by Crippen LogP contribution is -2.21. The fourth-order valence-electron chi connectivity index (χ4n) is 1.69. The summed E-state index contributed by atoms with van der Waals surface area (Å²) in [6, 6.07) is 2.07. The van der Waals surface area contributed by atoms with E-state index in [1.165, 1.54) is 0 Å². The molecule has 8 nitrogen and oxygen atoms in total. The third kappa shape index (κ3) is 2.99. The van der Waals surface area contributed by atoms with E-state index in [1.807, 2.05) is 0 Å². The van der Waals surface area contributed by atoms with Crippen LogP contribution in [-0.4, -0.2) is 50.3 Å². The Hall–Kier alpha value is -2.90. The Morgan fingerprint density at radius 2 is 1.14 bits per heavy atom. The second kappa shape index (κ2) is 6.51. The molecule has 0 aliphatic rings. The lowest BCUT2D eigenvalue weighted by molar-refractivity contribution is 0.0529. The Kier molecular flexibility index (Phi) is 5.01. The average Bonchev–Trinajstić information content (AvgIpc) is 2.50. The zero-order valence-corrected chi connectivity index (χ0v) is 11.5. The Balaban J connectivity index is 3.81. The van der Waals surface area contributed by atoms with Gasteiger partial charge in [-0.15, -0.1) is 0 Å². The van der Waals surface area contributed by atoms with E-state index in [0.717, 1.165) is 33.5 Å². The first-order valence-corrected chi connectivity index (χ1v) is 5.54. The van der Waals surface area contributed by atoms with E-state index in [9.17, 15) is 19.2 Å². The maximum Gasteiger partial charge on any atom is 0.339 e. The summed E-state index contributed by atoms with van der Waals surface area (Å²) in [6.07, 6.45) is 0. The van der Waals surface area contributed by atoms with E-state index in [1.54, 1.807) is 0 Å². The van der Waals surface area contributed by atoms with Crippen LogP contribution in [0.4, 0.5) is 0 Å². The van der Waals surface area contributed by atoms with Crippen molar-refractivity contribution in [2.24, 2.45) is 0 Å². The number of carboxylic acid groups (broad SMARTS) is 1. The fourth-order valence-corrected chi connectivity index (χ4v) is 1.69. The molecule has 21 heavy (non-hydrogen) atoms. The van der Waals surface area contributed by atoms with Crippen molar-refractivity contribution in [2.75, 3.05) is 21.3 Å². The minimum absolute atomic E-state index is 0.297. The molecule has 0 saturated heterocycles. The van der Waals surface area contributed by atoms with Crippen molar-refractivity contribution in [3.63, 3.8) is 0 Å². The molecule has 0 aliphatic heterocycles. The number of carboxylic acids is 1. The molecule has 0 atom stereocenters. The van der Waals surface area contributed by atoms with E-state index in [2.05, 4.69) is 14.2 Å². The van der Waals surface area contributed by atoms with Crippen molar-refractivity contribution in [3.8, 4) is 0 Å². The Morgan fingerprint density at radius 1 is 0.762 bits per heavy atom. The summed E-state index contributed by atoms with van der Waals surface area (Å²) in [6.45, 7) is 0. The van der Waals surface area contributed by atoms with Crippen LogP contribution in [-0.2, 0) is 14.2 Å². The second-order valence-corrected chi connectivity index (χ2v) is 3.69. The van der Waals surface area contributed by atoms with Gasteiger partial charge >= 0.3 is 23.9 Å². The maximum atomic E-state index is 11.8. The topological polar surface area (TPSA) is 116 Å². The third-order valence-corrected chi connectivity index (χ3v) is 2.62. The van der Waals surface area contributed by atoms with Crippen LogP contribution in [0.3, 0.4) is 0 Å². The number of aromatic carboxylic acids is 1. The van der Waals surface area contributed by atoms with Crippen LogP contribution in [0.25, 0.3) is 0 Å². The highest BCUT2D eigenvalue weighted by molar-refractivity contribution is 6.14. The lowest BCUT2D eigenvalue weighted by atomic mass is 9.95. The van der Waals surface area contributed by atoms with Crippen LogP contribution < -0.4 is 0 Å². The standard InChI is InChI=1S/C13H12O8/c1-19-11(16)7-5-4-6(10(14)15)8(12(17)20-2)9(7)13(18)21-3/h4-5H,1-3H3,(H,14,15). The quantitative estimate of drug-likeness (QED) is 0.639. The zero-order valence-electron chi connectivity index (χ0n) is 11.5. The molecule has 0 spiro atoms. The molecular formula is C13H12O8. The van der Waals surface area contributed by atoms with Gasteiger partial charge in [-0.1, -0.05) is 0 Å². The van der Waals surface area contributed by atoms with E-state index in [0.29, 0.717) is 0 Å². The van der Waals surface area contributed by atoms with E-state index in [-0.39, 0.29) is 5.56 Å². The molecule has 0 amide bonds. The summed E-state index contributed by atoms with van der Waals surface area (Å²) in [5.41, 5.74) is -1.87. The molecular weight excluding hydrogens is 284 g/mol. The van der Waals surface area contributed by atoms with E-state index >= 15 is 0 Å². The number of benzene rings is 1. The molecule has 0 unspecified atom stereocenters. The minimum Gasteiger partial charge on any atom is -0.478 e. The Labute approximate surface area is 119 Å². The van der Waals surface area contributed by atoms with Crippen molar-refractivity contribution < 1.29 is 38.5 Å². The van der Waals surface area contributed by atoms with Crippen molar-refractivity contribution in [1.82, 2.24) is 0 Å². The van der Waals surface area contributed by atoms with Crippen molar-refractivity contribution in [2.45, 2.75) is 0 Å². The molecule has 0 heterocycles. The van der Waals surface area contributed by atoms with Crippen LogP contribution in [0.2, 0.25) is 0 Å². The molecule has 1 aromatic rings. The number of hydrogen-bond donors (Lipinski definition) is 1. The number of hydrogen-bond acceptors (Lipinski definition) is 7. The smallest absolute Gasteiger partial charge is 0.339 e. The first-order valence-electron chi connectivity index (χ1n) is 5.54. The SMILES string of the molecule is COC(=O)c1ccc(C(=O)O)c(C(=O)OC)c1C(=O)OC. The first kappa shape index (κ1) is 16.2. The van der Waals surface area contributed by atoms with Gasteiger partial charge in [0.05, 0.1) is 43.6 Å². The molecule has 0 radical (unpaired) electrons. The second-order valence-electron chi connectivity index (χ2n) is 3.69. The van der Waals surface area contributed by atoms with Crippen LogP contribution in [0.1, 0.15) is 41.4 Å². The van der Waals surface area contributed by atoms with Crippen LogP contribution in [0, 0.1) is 0 Å². The van der Waals surface area contributed by atoms with Gasteiger partial charge in [0.15, 0.2) is 0 Å². The number of carbonyl (C=O) groups excluding carboxylic acids is 3. The molecule has 1 N–H and O–H groups in total. The van der Waals surface area contributed by atoms with Gasteiger partial charge in [-0.2, -0.15) is 0 Å². The molecule has 1 rings (SSSR count). The Bertz CT molecular complexity index is 617. The molecule has 1 aromatic carbocycles. The number of ether oxygens (including phenoxy) is 3. The van der Waals surface area contributed by atoms with Gasteiger partial charge in [0, 0.05) is 0 Å². The largest absolute Gasteiger partial charge is 0.478 e. The van der Waals surface area contributed by atoms with Crippen LogP contribution >= 0.6 is 0 Å². The third-order valence-electron chi connectivity index (χ3n) is 2.62. The summed E-state index contributed by atoms with van der Waals surface area (Å²) in [5.74, 6) is -4.52. The lowest BCUT2D eigenvalue weighted by Gasteiger charge is -2.13. The fraction of sp³-hybridized carbons (Fsp3) is 0.231. The van der Waals surface area contributed by atoms with Gasteiger partial charge < -0.3 is 19.3 Å². The summed E-state index contributed by atoms with van der Waals surface area (Å²) < 4.78 is 13.5. The van der Waals surface area contributed by atoms with Gasteiger partial charge in [0.25, 0.3) is 0 Å². The van der Waals surface area contributed by atoms with Crippen LogP contribution in [0.15, 0.2) is 12.1 Å². The summed E-state index contributed by atoms with van der Waals surface area (Å²) in [7, 11) is 3.12. The monoisotopic (exact) mass is 296 g/mol. The van der Waals surface area contributed by atoms with Gasteiger partial charge in [-0.3, -0.25) is 0 Å². The first-order chi connectivity index (χ1) is 9.88. The Morgan fingerprint density at radius 3 is 1.52 bits per heavy atom. The summed E-state index contributed by atoms with van der Waals surface area (Å²) in [5, 5.41) is 9.10. The number of esters is 3. The molecule has 112 valence electrons. The molecule has 0 saturated carbocycles. The van der Waals surface area contributed by atoms with Crippen molar-refractivity contribution in [3.05, 3.63) is 34.4 Å². The molecule has 0 bridgehead atoms. The minimum atomic E-state index is -1.46. The van der Waals surface area contributed by atoms with Crippen molar-refractivity contribution in [1.29, 1.82) is 0 Å². The molecule has 8 heteroatoms. The van der Waals surface area contributed by atoms with Crippen molar-refractivity contribution >= 4 is 23.9 Å². The zero-order chi connectivity index (χ0) is 16.2. The normalized spacial score (nSPS) is 9.67.